The van der Waals surface area contributed by atoms with Crippen molar-refractivity contribution < 1.29 is 37.3 Å². The van der Waals surface area contributed by atoms with E-state index in [4.69, 9.17) is 9.47 Å². The first-order chi connectivity index (χ1) is 17.6. The lowest BCUT2D eigenvalue weighted by molar-refractivity contribution is -0.126. The van der Waals surface area contributed by atoms with E-state index < -0.39 is 18.7 Å². The molecule has 2 aliphatic rings. The van der Waals surface area contributed by atoms with E-state index in [9.17, 15) is 27.9 Å². The third-order valence-corrected chi connectivity index (χ3v) is 7.25. The number of ether oxygens (including phenoxy) is 2. The number of hydrogen-bond donors (Lipinski definition) is 2. The van der Waals surface area contributed by atoms with Gasteiger partial charge >= 0.3 is 12.3 Å². The van der Waals surface area contributed by atoms with Crippen molar-refractivity contribution in [1.29, 1.82) is 0 Å². The number of amides is 2. The second kappa shape index (κ2) is 9.20. The molecule has 37 heavy (non-hydrogen) atoms. The molecule has 2 saturated heterocycles. The zero-order valence-electron chi connectivity index (χ0n) is 20.3. The monoisotopic (exact) mass is 517 g/mol. The number of methoxy groups -OCH3 is 2. The number of likely N-dealkylation sites (tertiary alicyclic amines) is 2. The maximum Gasteiger partial charge on any atom is 0.407 e. The number of hydrogen-bond acceptors (Lipinski definition) is 4. The van der Waals surface area contributed by atoms with Gasteiger partial charge in [0.05, 0.1) is 26.3 Å². The summed E-state index contributed by atoms with van der Waals surface area (Å²) in [5.74, 6) is 0.690. The first-order valence-corrected chi connectivity index (χ1v) is 11.8. The molecular weight excluding hydrogens is 491 g/mol. The zero-order chi connectivity index (χ0) is 26.5. The Morgan fingerprint density at radius 1 is 0.973 bits per heavy atom. The van der Waals surface area contributed by atoms with Crippen LogP contribution in [0.25, 0.3) is 22.2 Å². The van der Waals surface area contributed by atoms with Crippen LogP contribution in [0.15, 0.2) is 36.4 Å². The van der Waals surface area contributed by atoms with Gasteiger partial charge in [0.1, 0.15) is 0 Å². The molecule has 3 heterocycles. The van der Waals surface area contributed by atoms with Gasteiger partial charge in [0.25, 0.3) is 5.91 Å². The Morgan fingerprint density at radius 3 is 2.22 bits per heavy atom. The van der Waals surface area contributed by atoms with Gasteiger partial charge < -0.3 is 29.4 Å². The van der Waals surface area contributed by atoms with E-state index in [0.29, 0.717) is 65.4 Å². The van der Waals surface area contributed by atoms with Gasteiger partial charge in [-0.2, -0.15) is 13.2 Å². The summed E-state index contributed by atoms with van der Waals surface area (Å²) in [6.45, 7) is 1.60. The Labute approximate surface area is 210 Å². The van der Waals surface area contributed by atoms with Crippen LogP contribution in [0.3, 0.4) is 0 Å². The molecule has 2 atom stereocenters. The highest BCUT2D eigenvalue weighted by Gasteiger charge is 2.43. The van der Waals surface area contributed by atoms with Gasteiger partial charge in [-0.25, -0.2) is 4.79 Å². The van der Waals surface area contributed by atoms with Crippen molar-refractivity contribution in [2.24, 2.45) is 11.8 Å². The van der Waals surface area contributed by atoms with Crippen molar-refractivity contribution in [2.45, 2.75) is 12.6 Å². The summed E-state index contributed by atoms with van der Waals surface area (Å²) in [6, 6.07) is 9.63. The first-order valence-electron chi connectivity index (χ1n) is 11.8. The summed E-state index contributed by atoms with van der Waals surface area (Å²) in [5, 5.41) is 9.54. The number of nitrogens with one attached hydrogen (secondary N) is 1. The van der Waals surface area contributed by atoms with E-state index >= 15 is 0 Å². The molecule has 2 N–H and O–H groups in total. The predicted octanol–water partition coefficient (Wildman–Crippen LogP) is 4.64. The van der Waals surface area contributed by atoms with E-state index in [1.54, 1.807) is 35.2 Å². The van der Waals surface area contributed by atoms with E-state index in [2.05, 4.69) is 4.98 Å². The minimum absolute atomic E-state index is 0.0414. The van der Waals surface area contributed by atoms with E-state index in [1.807, 2.05) is 0 Å². The second-order valence-corrected chi connectivity index (χ2v) is 9.52. The summed E-state index contributed by atoms with van der Waals surface area (Å²) >= 11 is 0. The SMILES string of the molecule is COc1ccc(-c2[nH]c3ccc(C(=O)N4CC5CN(C(=O)O)CC5C4)cc3c2CC(F)(F)F)cc1OC. The standard InChI is InChI=1S/C26H26F3N3O5/c1-36-21-6-4-14(8-22(21)37-2)23-19(9-26(27,28)29)18-7-15(3-5-20(18)30-23)24(33)31-10-16-12-32(25(34)35)13-17(16)11-31/h3-8,16-17,30H,9-13H2,1-2H3,(H,34,35). The number of carboxylic acid groups (broad SMARTS) is 1. The molecule has 2 aromatic carbocycles. The molecule has 196 valence electrons. The number of rotatable bonds is 5. The Kier molecular flexibility index (Phi) is 6.17. The quantitative estimate of drug-likeness (QED) is 0.514. The fraction of sp³-hybridized carbons (Fsp3) is 0.385. The second-order valence-electron chi connectivity index (χ2n) is 9.52. The molecule has 0 bridgehead atoms. The molecular formula is C26H26F3N3O5. The maximum atomic E-state index is 13.7. The molecule has 8 nitrogen and oxygen atoms in total. The minimum Gasteiger partial charge on any atom is -0.493 e. The van der Waals surface area contributed by atoms with Crippen molar-refractivity contribution in [3.63, 3.8) is 0 Å². The largest absolute Gasteiger partial charge is 0.493 e. The topological polar surface area (TPSA) is 95.1 Å². The highest BCUT2D eigenvalue weighted by Crippen LogP contribution is 2.39. The number of aromatic amines is 1. The molecule has 2 amide bonds. The summed E-state index contributed by atoms with van der Waals surface area (Å²) in [7, 11) is 2.93. The Hall–Kier alpha value is -3.89. The van der Waals surface area contributed by atoms with Crippen molar-refractivity contribution in [3.05, 3.63) is 47.5 Å². The number of nitrogens with zero attached hydrogens (tertiary/aromatic N) is 2. The van der Waals surface area contributed by atoms with Crippen molar-refractivity contribution in [3.8, 4) is 22.8 Å². The summed E-state index contributed by atoms with van der Waals surface area (Å²) in [5.41, 5.74) is 1.61. The van der Waals surface area contributed by atoms with Gasteiger partial charge in [-0.1, -0.05) is 0 Å². The first kappa shape index (κ1) is 24.8. The van der Waals surface area contributed by atoms with E-state index in [0.717, 1.165) is 0 Å². The van der Waals surface area contributed by atoms with E-state index in [-0.39, 0.29) is 23.3 Å². The third kappa shape index (κ3) is 4.65. The Morgan fingerprint density at radius 2 is 1.62 bits per heavy atom. The summed E-state index contributed by atoms with van der Waals surface area (Å²) in [4.78, 5) is 30.7. The molecule has 11 heteroatoms. The molecule has 0 aliphatic carbocycles. The molecule has 1 aromatic heterocycles. The van der Waals surface area contributed by atoms with Gasteiger partial charge in [-0.3, -0.25) is 4.79 Å². The van der Waals surface area contributed by atoms with Crippen molar-refractivity contribution in [1.82, 2.24) is 14.8 Å². The van der Waals surface area contributed by atoms with Gasteiger partial charge in [-0.05, 0) is 42.0 Å². The molecule has 0 spiro atoms. The normalized spacial score (nSPS) is 19.4. The number of aromatic nitrogens is 1. The molecule has 2 fully saturated rings. The van der Waals surface area contributed by atoms with Crippen molar-refractivity contribution >= 4 is 22.9 Å². The average molecular weight is 518 g/mol. The smallest absolute Gasteiger partial charge is 0.407 e. The molecule has 5 rings (SSSR count). The molecule has 2 aliphatic heterocycles. The number of halogens is 3. The maximum absolute atomic E-state index is 13.7. The fourth-order valence-corrected chi connectivity index (χ4v) is 5.50. The van der Waals surface area contributed by atoms with Crippen LogP contribution >= 0.6 is 0 Å². The Bertz CT molecular complexity index is 1360. The van der Waals surface area contributed by atoms with Crippen LogP contribution in [0, 0.1) is 11.8 Å². The van der Waals surface area contributed by atoms with Crippen LogP contribution in [0.2, 0.25) is 0 Å². The van der Waals surface area contributed by atoms with Crippen LogP contribution in [-0.4, -0.2) is 78.5 Å². The number of carbonyl (C=O) groups is 2. The molecule has 3 aromatic rings. The predicted molar refractivity (Wildman–Crippen MR) is 129 cm³/mol. The van der Waals surface area contributed by atoms with Crippen LogP contribution in [0.1, 0.15) is 15.9 Å². The lowest BCUT2D eigenvalue weighted by Gasteiger charge is -2.20. The third-order valence-electron chi connectivity index (χ3n) is 7.25. The van der Waals surface area contributed by atoms with Crippen LogP contribution in [0.5, 0.6) is 11.5 Å². The fourth-order valence-electron chi connectivity index (χ4n) is 5.50. The van der Waals surface area contributed by atoms with Crippen LogP contribution in [0.4, 0.5) is 18.0 Å². The highest BCUT2D eigenvalue weighted by atomic mass is 19.4. The van der Waals surface area contributed by atoms with E-state index in [1.165, 1.54) is 25.2 Å². The molecule has 2 unspecified atom stereocenters. The highest BCUT2D eigenvalue weighted by molar-refractivity contribution is 6.00. The number of fused-ring (bicyclic) bond motifs is 2. The van der Waals surface area contributed by atoms with Crippen LogP contribution < -0.4 is 9.47 Å². The van der Waals surface area contributed by atoms with Crippen molar-refractivity contribution in [2.75, 3.05) is 40.4 Å². The van der Waals surface area contributed by atoms with Gasteiger partial charge in [-0.15, -0.1) is 0 Å². The number of carbonyl (C=O) groups excluding carboxylic acids is 1. The van der Waals surface area contributed by atoms with Gasteiger partial charge in [0.15, 0.2) is 11.5 Å². The number of benzene rings is 2. The number of alkyl halides is 3. The molecule has 0 radical (unpaired) electrons. The average Bonchev–Trinajstić information content (AvgIpc) is 3.54. The minimum atomic E-state index is -4.47. The zero-order valence-corrected chi connectivity index (χ0v) is 20.3. The number of H-pyrrole nitrogens is 1. The van der Waals surface area contributed by atoms with Gasteiger partial charge in [0.2, 0.25) is 0 Å². The van der Waals surface area contributed by atoms with Crippen LogP contribution in [-0.2, 0) is 6.42 Å². The molecule has 0 saturated carbocycles. The summed E-state index contributed by atoms with van der Waals surface area (Å²) < 4.78 is 51.5. The van der Waals surface area contributed by atoms with Gasteiger partial charge in [0, 0.05) is 60.0 Å². The summed E-state index contributed by atoms with van der Waals surface area (Å²) in [6.07, 6.45) is -6.61. The lowest BCUT2D eigenvalue weighted by Crippen LogP contribution is -2.35. The Balaban J connectivity index is 1.49. The lowest BCUT2D eigenvalue weighted by atomic mass is 10.0.